The van der Waals surface area contributed by atoms with E-state index in [4.69, 9.17) is 21.7 Å². The first-order valence-corrected chi connectivity index (χ1v) is 9.55. The zero-order valence-electron chi connectivity index (χ0n) is 15.9. The Morgan fingerprint density at radius 2 is 1.89 bits per heavy atom. The fourth-order valence-electron chi connectivity index (χ4n) is 2.71. The first-order chi connectivity index (χ1) is 13.5. The van der Waals surface area contributed by atoms with Gasteiger partial charge in [0.2, 0.25) is 5.91 Å². The van der Waals surface area contributed by atoms with Crippen molar-refractivity contribution in [3.05, 3.63) is 29.8 Å². The van der Waals surface area contributed by atoms with Gasteiger partial charge in [-0.2, -0.15) is 0 Å². The molecule has 0 unspecified atom stereocenters. The Hall–Kier alpha value is -2.52. The maximum atomic E-state index is 12.4. The summed E-state index contributed by atoms with van der Waals surface area (Å²) in [5.41, 5.74) is 1.18. The number of benzene rings is 1. The van der Waals surface area contributed by atoms with E-state index in [0.717, 1.165) is 25.9 Å². The number of nitrogens with zero attached hydrogens (tertiary/aromatic N) is 1. The predicted molar refractivity (Wildman–Crippen MR) is 108 cm³/mol. The van der Waals surface area contributed by atoms with E-state index in [1.54, 1.807) is 24.3 Å². The van der Waals surface area contributed by atoms with Crippen molar-refractivity contribution >= 4 is 40.8 Å². The summed E-state index contributed by atoms with van der Waals surface area (Å²) in [6.45, 7) is 2.02. The van der Waals surface area contributed by atoms with Crippen LogP contribution in [0.1, 0.15) is 36.0 Å². The highest BCUT2D eigenvalue weighted by atomic mass is 32.1. The topological polar surface area (TPSA) is 97.0 Å². The molecule has 1 aliphatic rings. The summed E-state index contributed by atoms with van der Waals surface area (Å²) >= 11 is 5.12. The van der Waals surface area contributed by atoms with Gasteiger partial charge in [-0.1, -0.05) is 6.07 Å². The number of esters is 1. The number of carbonyl (C=O) groups excluding carboxylic acids is 3. The van der Waals surface area contributed by atoms with Gasteiger partial charge in [0.1, 0.15) is 6.61 Å². The lowest BCUT2D eigenvalue weighted by molar-refractivity contribution is -0.146. The molecule has 1 aliphatic heterocycles. The summed E-state index contributed by atoms with van der Waals surface area (Å²) in [5.74, 6) is -0.882. The molecule has 1 saturated heterocycles. The Labute approximate surface area is 169 Å². The van der Waals surface area contributed by atoms with Gasteiger partial charge in [-0.25, -0.2) is 0 Å². The maximum absolute atomic E-state index is 12.4. The summed E-state index contributed by atoms with van der Waals surface area (Å²) in [5, 5.41) is 5.49. The fourth-order valence-corrected chi connectivity index (χ4v) is 2.94. The molecule has 2 amide bonds. The molecule has 0 aromatic heterocycles. The Balaban J connectivity index is 1.77. The lowest BCUT2D eigenvalue weighted by Gasteiger charge is -2.16. The largest absolute Gasteiger partial charge is 0.463 e. The number of amides is 2. The van der Waals surface area contributed by atoms with Gasteiger partial charge < -0.3 is 25.0 Å². The van der Waals surface area contributed by atoms with E-state index >= 15 is 0 Å². The third kappa shape index (κ3) is 7.24. The second-order valence-corrected chi connectivity index (χ2v) is 6.70. The predicted octanol–water partition coefficient (Wildman–Crippen LogP) is 1.71. The summed E-state index contributed by atoms with van der Waals surface area (Å²) in [6, 6.07) is 6.97. The first kappa shape index (κ1) is 21.8. The highest BCUT2D eigenvalue weighted by molar-refractivity contribution is 7.80. The van der Waals surface area contributed by atoms with Crippen molar-refractivity contribution in [3.63, 3.8) is 0 Å². The van der Waals surface area contributed by atoms with Crippen LogP contribution in [0.15, 0.2) is 24.3 Å². The molecule has 0 saturated carbocycles. The zero-order valence-corrected chi connectivity index (χ0v) is 16.7. The van der Waals surface area contributed by atoms with E-state index in [0.29, 0.717) is 17.9 Å². The first-order valence-electron chi connectivity index (χ1n) is 9.14. The van der Waals surface area contributed by atoms with Crippen LogP contribution in [0.4, 0.5) is 5.69 Å². The Kier molecular flexibility index (Phi) is 8.83. The maximum Gasteiger partial charge on any atom is 0.306 e. The normalized spacial score (nSPS) is 13.1. The molecule has 1 fully saturated rings. The van der Waals surface area contributed by atoms with E-state index in [2.05, 4.69) is 10.6 Å². The van der Waals surface area contributed by atoms with Gasteiger partial charge >= 0.3 is 5.97 Å². The molecule has 8 nitrogen and oxygen atoms in total. The number of nitrogens with one attached hydrogen (secondary N) is 2. The number of carbonyl (C=O) groups is 3. The van der Waals surface area contributed by atoms with Crippen LogP contribution in [0.2, 0.25) is 0 Å². The average Bonchev–Trinajstić information content (AvgIpc) is 3.21. The van der Waals surface area contributed by atoms with Gasteiger partial charge in [-0.3, -0.25) is 14.4 Å². The minimum Gasteiger partial charge on any atom is -0.463 e. The minimum absolute atomic E-state index is 0.0110. The van der Waals surface area contributed by atoms with Gasteiger partial charge in [-0.05, 0) is 43.3 Å². The number of methoxy groups -OCH3 is 1. The molecule has 1 aromatic rings. The summed E-state index contributed by atoms with van der Waals surface area (Å²) in [4.78, 5) is 37.6. The highest BCUT2D eigenvalue weighted by Crippen LogP contribution is 2.16. The molecule has 0 radical (unpaired) electrons. The van der Waals surface area contributed by atoms with Crippen molar-refractivity contribution in [1.82, 2.24) is 10.2 Å². The van der Waals surface area contributed by atoms with E-state index in [1.807, 2.05) is 4.90 Å². The zero-order chi connectivity index (χ0) is 20.4. The van der Waals surface area contributed by atoms with Crippen LogP contribution in [-0.4, -0.2) is 61.2 Å². The third-order valence-corrected chi connectivity index (χ3v) is 4.32. The second kappa shape index (κ2) is 11.4. The summed E-state index contributed by atoms with van der Waals surface area (Å²) in [7, 11) is 1.51. The number of likely N-dealkylation sites (tertiary alicyclic amines) is 1. The van der Waals surface area contributed by atoms with Crippen LogP contribution in [-0.2, 0) is 19.1 Å². The second-order valence-electron chi connectivity index (χ2n) is 6.30. The highest BCUT2D eigenvalue weighted by Gasteiger charge is 2.19. The quantitative estimate of drug-likeness (QED) is 0.385. The lowest BCUT2D eigenvalue weighted by atomic mass is 10.2. The molecule has 1 aromatic carbocycles. The SMILES string of the molecule is COCCOC(=O)CCC(=O)NC(=S)Nc1cccc(C(=O)N2CCCC2)c1. The molecule has 28 heavy (non-hydrogen) atoms. The number of hydrogen-bond donors (Lipinski definition) is 2. The van der Waals surface area contributed by atoms with Crippen LogP contribution in [0, 0.1) is 0 Å². The number of ether oxygens (including phenoxy) is 2. The van der Waals surface area contributed by atoms with Crippen molar-refractivity contribution in [3.8, 4) is 0 Å². The van der Waals surface area contributed by atoms with Crippen molar-refractivity contribution in [2.24, 2.45) is 0 Å². The van der Waals surface area contributed by atoms with Crippen LogP contribution in [0.3, 0.4) is 0 Å². The van der Waals surface area contributed by atoms with Crippen molar-refractivity contribution in [1.29, 1.82) is 0 Å². The fraction of sp³-hybridized carbons (Fsp3) is 0.474. The number of thiocarbonyl (C=S) groups is 1. The molecule has 0 atom stereocenters. The third-order valence-electron chi connectivity index (χ3n) is 4.12. The molecule has 9 heteroatoms. The minimum atomic E-state index is -0.473. The summed E-state index contributed by atoms with van der Waals surface area (Å²) < 4.78 is 9.66. The van der Waals surface area contributed by atoms with Crippen LogP contribution >= 0.6 is 12.2 Å². The molecule has 2 N–H and O–H groups in total. The monoisotopic (exact) mass is 407 g/mol. The van der Waals surface area contributed by atoms with E-state index in [9.17, 15) is 14.4 Å². The Morgan fingerprint density at radius 3 is 2.61 bits per heavy atom. The van der Waals surface area contributed by atoms with Crippen LogP contribution in [0.5, 0.6) is 0 Å². The van der Waals surface area contributed by atoms with E-state index in [-0.39, 0.29) is 30.5 Å². The average molecular weight is 407 g/mol. The standard InChI is InChI=1S/C19H25N3O5S/c1-26-11-12-27-17(24)8-7-16(23)21-19(28)20-15-6-4-5-14(13-15)18(25)22-9-2-3-10-22/h4-6,13H,2-3,7-12H2,1H3,(H2,20,21,23,28). The molecular formula is C19H25N3O5S. The van der Waals surface area contributed by atoms with Crippen LogP contribution < -0.4 is 10.6 Å². The van der Waals surface area contributed by atoms with E-state index in [1.165, 1.54) is 7.11 Å². The number of anilines is 1. The van der Waals surface area contributed by atoms with Crippen LogP contribution in [0.25, 0.3) is 0 Å². The van der Waals surface area contributed by atoms with Crippen molar-refractivity contribution < 1.29 is 23.9 Å². The molecule has 0 aliphatic carbocycles. The van der Waals surface area contributed by atoms with Gasteiger partial charge in [0.05, 0.1) is 13.0 Å². The molecular weight excluding hydrogens is 382 g/mol. The van der Waals surface area contributed by atoms with Gasteiger partial charge in [-0.15, -0.1) is 0 Å². The Morgan fingerprint density at radius 1 is 1.14 bits per heavy atom. The molecule has 2 rings (SSSR count). The number of hydrogen-bond acceptors (Lipinski definition) is 6. The smallest absolute Gasteiger partial charge is 0.306 e. The molecule has 152 valence electrons. The van der Waals surface area contributed by atoms with Crippen molar-refractivity contribution in [2.75, 3.05) is 38.7 Å². The number of rotatable bonds is 8. The van der Waals surface area contributed by atoms with Gasteiger partial charge in [0.25, 0.3) is 5.91 Å². The molecule has 0 bridgehead atoms. The van der Waals surface area contributed by atoms with Crippen molar-refractivity contribution in [2.45, 2.75) is 25.7 Å². The molecule has 0 spiro atoms. The van der Waals surface area contributed by atoms with Gasteiger partial charge in [0.15, 0.2) is 5.11 Å². The lowest BCUT2D eigenvalue weighted by Crippen LogP contribution is -2.34. The Bertz CT molecular complexity index is 719. The van der Waals surface area contributed by atoms with E-state index < -0.39 is 11.9 Å². The van der Waals surface area contributed by atoms with Gasteiger partial charge in [0, 0.05) is 37.9 Å². The summed E-state index contributed by atoms with van der Waals surface area (Å²) in [6.07, 6.45) is 1.97. The molecule has 1 heterocycles.